The minimum absolute atomic E-state index is 0.0579. The minimum Gasteiger partial charge on any atom is -0.399 e. The standard InChI is InChI=1S/C6H8N2O3S.C6H7NO6S2/c7-4-1-2-6(5(8)3-4)12(9,10)11;7-5-2-1-4(14(8,9)10)3-6(5)15(11,12)13/h1-3H,7-8H2,(H,9,10,11);1-3H,7H2,(H,8,9,10)(H,11,12,13). The number of nitrogen functional groups attached to an aromatic ring is 3. The lowest BCUT2D eigenvalue weighted by atomic mass is 10.3. The van der Waals surface area contributed by atoms with Gasteiger partial charge in [0.15, 0.2) is 0 Å². The fourth-order valence-electron chi connectivity index (χ4n) is 1.70. The molecule has 0 heterocycles. The summed E-state index contributed by atoms with van der Waals surface area (Å²) in [5, 5.41) is 0. The molecule has 0 aliphatic carbocycles. The van der Waals surface area contributed by atoms with Crippen LogP contribution in [0, 0.1) is 0 Å². The van der Waals surface area contributed by atoms with E-state index in [2.05, 4.69) is 0 Å². The van der Waals surface area contributed by atoms with Gasteiger partial charge in [0.25, 0.3) is 30.4 Å². The molecule has 0 aliphatic heterocycles. The van der Waals surface area contributed by atoms with Gasteiger partial charge in [-0.2, -0.15) is 25.3 Å². The normalized spacial score (nSPS) is 12.1. The Morgan fingerprint density at radius 2 is 1.11 bits per heavy atom. The fraction of sp³-hybridized carbons (Fsp3) is 0. The first-order valence-corrected chi connectivity index (χ1v) is 10.8. The molecule has 0 spiro atoms. The highest BCUT2D eigenvalue weighted by Crippen LogP contribution is 2.22. The maximum atomic E-state index is 10.7. The van der Waals surface area contributed by atoms with Gasteiger partial charge >= 0.3 is 0 Å². The molecule has 2 rings (SSSR count). The molecule has 0 bridgehead atoms. The first kappa shape index (κ1) is 22.6. The Labute approximate surface area is 154 Å². The second-order valence-electron chi connectivity index (χ2n) is 4.92. The number of rotatable bonds is 3. The molecule has 15 heteroatoms. The van der Waals surface area contributed by atoms with Crippen LogP contribution in [0.4, 0.5) is 17.1 Å². The van der Waals surface area contributed by atoms with Crippen LogP contribution in [0.5, 0.6) is 0 Å². The summed E-state index contributed by atoms with van der Waals surface area (Å²) in [5.41, 5.74) is 15.8. The summed E-state index contributed by atoms with van der Waals surface area (Å²) in [6.45, 7) is 0. The van der Waals surface area contributed by atoms with Crippen molar-refractivity contribution in [1.29, 1.82) is 0 Å². The topological polar surface area (TPSA) is 241 Å². The van der Waals surface area contributed by atoms with Crippen LogP contribution in [0.3, 0.4) is 0 Å². The third-order valence-corrected chi connectivity index (χ3v) is 5.56. The van der Waals surface area contributed by atoms with Gasteiger partial charge in [0.2, 0.25) is 0 Å². The number of hydrogen-bond donors (Lipinski definition) is 6. The van der Waals surface area contributed by atoms with Crippen LogP contribution in [-0.2, 0) is 30.4 Å². The maximum absolute atomic E-state index is 10.7. The molecular formula is C12H15N3O9S3. The van der Waals surface area contributed by atoms with Crippen molar-refractivity contribution in [1.82, 2.24) is 0 Å². The van der Waals surface area contributed by atoms with E-state index in [9.17, 15) is 25.3 Å². The number of benzene rings is 2. The fourth-order valence-corrected chi connectivity index (χ4v) is 3.52. The Bertz CT molecular complexity index is 1170. The lowest BCUT2D eigenvalue weighted by molar-refractivity contribution is 0.479. The van der Waals surface area contributed by atoms with Crippen LogP contribution in [0.25, 0.3) is 0 Å². The van der Waals surface area contributed by atoms with Crippen LogP contribution in [0.15, 0.2) is 51.1 Å². The van der Waals surface area contributed by atoms with E-state index >= 15 is 0 Å². The van der Waals surface area contributed by atoms with Gasteiger partial charge in [0.05, 0.1) is 16.3 Å². The quantitative estimate of drug-likeness (QED) is 0.269. The minimum atomic E-state index is -4.62. The second-order valence-corrected chi connectivity index (χ2v) is 9.12. The van der Waals surface area contributed by atoms with Gasteiger partial charge in [-0.15, -0.1) is 0 Å². The van der Waals surface area contributed by atoms with Crippen LogP contribution in [0.2, 0.25) is 0 Å². The molecule has 0 aliphatic rings. The molecule has 150 valence electrons. The molecule has 12 nitrogen and oxygen atoms in total. The van der Waals surface area contributed by atoms with Crippen molar-refractivity contribution in [3.05, 3.63) is 36.4 Å². The zero-order valence-electron chi connectivity index (χ0n) is 13.2. The van der Waals surface area contributed by atoms with E-state index in [0.717, 1.165) is 18.2 Å². The molecule has 27 heavy (non-hydrogen) atoms. The SMILES string of the molecule is Nc1ccc(S(=O)(=O)O)c(N)c1.Nc1ccc(S(=O)(=O)O)cc1S(=O)(=O)O. The third-order valence-electron chi connectivity index (χ3n) is 2.87. The average molecular weight is 441 g/mol. The zero-order valence-corrected chi connectivity index (χ0v) is 15.7. The summed E-state index contributed by atoms with van der Waals surface area (Å²) in [6, 6.07) is 6.20. The lowest BCUT2D eigenvalue weighted by Gasteiger charge is -2.03. The predicted molar refractivity (Wildman–Crippen MR) is 95.6 cm³/mol. The molecule has 2 aromatic rings. The smallest absolute Gasteiger partial charge is 0.296 e. The molecular weight excluding hydrogens is 426 g/mol. The summed E-state index contributed by atoms with van der Waals surface area (Å²) < 4.78 is 89.9. The molecule has 0 aromatic heterocycles. The van der Waals surface area contributed by atoms with Gasteiger partial charge in [0, 0.05) is 5.69 Å². The summed E-state index contributed by atoms with van der Waals surface area (Å²) >= 11 is 0. The highest BCUT2D eigenvalue weighted by Gasteiger charge is 2.18. The Hall–Kier alpha value is -2.43. The molecule has 0 unspecified atom stereocenters. The van der Waals surface area contributed by atoms with Gasteiger partial charge in [0.1, 0.15) is 9.79 Å². The highest BCUT2D eigenvalue weighted by molar-refractivity contribution is 7.86. The number of hydrogen-bond acceptors (Lipinski definition) is 9. The van der Waals surface area contributed by atoms with E-state index in [4.69, 9.17) is 30.9 Å². The molecule has 0 amide bonds. The maximum Gasteiger partial charge on any atom is 0.296 e. The monoisotopic (exact) mass is 441 g/mol. The van der Waals surface area contributed by atoms with E-state index in [1.807, 2.05) is 0 Å². The van der Waals surface area contributed by atoms with Crippen molar-refractivity contribution in [3.63, 3.8) is 0 Å². The van der Waals surface area contributed by atoms with E-state index in [1.54, 1.807) is 0 Å². The second kappa shape index (κ2) is 7.67. The van der Waals surface area contributed by atoms with Crippen molar-refractivity contribution < 1.29 is 38.9 Å². The van der Waals surface area contributed by atoms with Gasteiger partial charge in [-0.25, -0.2) is 0 Å². The van der Waals surface area contributed by atoms with Crippen molar-refractivity contribution in [2.45, 2.75) is 14.7 Å². The zero-order chi connectivity index (χ0) is 21.2. The van der Waals surface area contributed by atoms with Gasteiger partial charge in [-0.3, -0.25) is 13.7 Å². The molecule has 0 fully saturated rings. The summed E-state index contributed by atoms with van der Waals surface area (Å²) in [6.07, 6.45) is 0. The Morgan fingerprint density at radius 3 is 1.52 bits per heavy atom. The van der Waals surface area contributed by atoms with E-state index in [0.29, 0.717) is 11.8 Å². The summed E-state index contributed by atoms with van der Waals surface area (Å²) in [5.74, 6) is 0. The average Bonchev–Trinajstić information content (AvgIpc) is 2.44. The number of anilines is 3. The van der Waals surface area contributed by atoms with E-state index in [1.165, 1.54) is 12.1 Å². The van der Waals surface area contributed by atoms with E-state index < -0.39 is 40.1 Å². The predicted octanol–water partition coefficient (Wildman–Crippen LogP) is -0.140. The van der Waals surface area contributed by atoms with E-state index in [-0.39, 0.29) is 16.3 Å². The van der Waals surface area contributed by atoms with Crippen LogP contribution in [0.1, 0.15) is 0 Å². The van der Waals surface area contributed by atoms with Gasteiger partial charge < -0.3 is 17.2 Å². The first-order chi connectivity index (χ1) is 12.0. The highest BCUT2D eigenvalue weighted by atomic mass is 32.2. The molecule has 0 radical (unpaired) electrons. The molecule has 0 saturated heterocycles. The molecule has 0 saturated carbocycles. The first-order valence-electron chi connectivity index (χ1n) is 6.50. The third kappa shape index (κ3) is 6.35. The molecule has 9 N–H and O–H groups in total. The molecule has 0 atom stereocenters. The van der Waals surface area contributed by atoms with Gasteiger partial charge in [-0.1, -0.05) is 0 Å². The van der Waals surface area contributed by atoms with Crippen LogP contribution in [-0.4, -0.2) is 38.9 Å². The molecule has 2 aromatic carbocycles. The summed E-state index contributed by atoms with van der Waals surface area (Å²) in [7, 11) is -13.4. The summed E-state index contributed by atoms with van der Waals surface area (Å²) in [4.78, 5) is -1.75. The van der Waals surface area contributed by atoms with Crippen LogP contribution < -0.4 is 17.2 Å². The largest absolute Gasteiger partial charge is 0.399 e. The Balaban J connectivity index is 0.000000277. The lowest BCUT2D eigenvalue weighted by Crippen LogP contribution is -2.06. The van der Waals surface area contributed by atoms with Crippen molar-refractivity contribution in [2.75, 3.05) is 17.2 Å². The van der Waals surface area contributed by atoms with Crippen molar-refractivity contribution >= 4 is 47.4 Å². The van der Waals surface area contributed by atoms with Crippen LogP contribution >= 0.6 is 0 Å². The van der Waals surface area contributed by atoms with Crippen molar-refractivity contribution in [3.8, 4) is 0 Å². The Morgan fingerprint density at radius 1 is 0.593 bits per heavy atom. The van der Waals surface area contributed by atoms with Gasteiger partial charge in [-0.05, 0) is 36.4 Å². The Kier molecular flexibility index (Phi) is 6.42. The number of nitrogens with two attached hydrogens (primary N) is 3. The van der Waals surface area contributed by atoms with Crippen molar-refractivity contribution in [2.24, 2.45) is 0 Å².